The molecule has 0 aromatic heterocycles. The zero-order valence-electron chi connectivity index (χ0n) is 10.2. The topological polar surface area (TPSA) is 87.6 Å². The Morgan fingerprint density at radius 1 is 1.39 bits per heavy atom. The largest absolute Gasteiger partial charge is 0.493 e. The first-order valence-corrected chi connectivity index (χ1v) is 5.27. The molecular weight excluding hydrogens is 243 g/mol. The third-order valence-corrected chi connectivity index (χ3v) is 2.55. The van der Waals surface area contributed by atoms with Gasteiger partial charge in [-0.25, -0.2) is 0 Å². The average molecular weight is 258 g/mol. The zero-order valence-corrected chi connectivity index (χ0v) is 10.2. The van der Waals surface area contributed by atoms with E-state index in [4.69, 9.17) is 15.2 Å². The molecular formula is C11H15FN2O4. The lowest BCUT2D eigenvalue weighted by atomic mass is 10.0. The summed E-state index contributed by atoms with van der Waals surface area (Å²) in [6.07, 6.45) is 0.0102. The number of nitrogens with zero attached hydrogens (tertiary/aromatic N) is 1. The lowest BCUT2D eigenvalue weighted by Gasteiger charge is -2.14. The highest BCUT2D eigenvalue weighted by Crippen LogP contribution is 2.37. The smallest absolute Gasteiger partial charge is 0.278 e. The number of halogens is 1. The fourth-order valence-corrected chi connectivity index (χ4v) is 1.61. The molecule has 100 valence electrons. The molecule has 1 aromatic rings. The molecule has 0 bridgehead atoms. The number of nitrogens with two attached hydrogens (primary N) is 1. The summed E-state index contributed by atoms with van der Waals surface area (Å²) in [5.74, 6) is 0.563. The quantitative estimate of drug-likeness (QED) is 0.622. The number of rotatable bonds is 6. The van der Waals surface area contributed by atoms with Gasteiger partial charge in [-0.15, -0.1) is 0 Å². The van der Waals surface area contributed by atoms with Gasteiger partial charge >= 0.3 is 0 Å². The standard InChI is InChI=1S/C11H15FN2O4/c1-17-10-5-7(8(13)3-4-12)9(14(15)16)6-11(10)18-2/h5-6,8H,3-4,13H2,1-2H3/t8-/m1/s1. The van der Waals surface area contributed by atoms with Crippen molar-refractivity contribution in [3.8, 4) is 11.5 Å². The molecule has 0 saturated carbocycles. The van der Waals surface area contributed by atoms with Crippen LogP contribution in [-0.4, -0.2) is 25.8 Å². The van der Waals surface area contributed by atoms with Crippen LogP contribution in [0.3, 0.4) is 0 Å². The Morgan fingerprint density at radius 2 is 1.94 bits per heavy atom. The number of nitro groups is 1. The van der Waals surface area contributed by atoms with Crippen LogP contribution >= 0.6 is 0 Å². The van der Waals surface area contributed by atoms with Crippen molar-refractivity contribution in [1.29, 1.82) is 0 Å². The van der Waals surface area contributed by atoms with Crippen LogP contribution in [0.5, 0.6) is 11.5 Å². The van der Waals surface area contributed by atoms with Gasteiger partial charge in [-0.05, 0) is 12.5 Å². The van der Waals surface area contributed by atoms with E-state index >= 15 is 0 Å². The summed E-state index contributed by atoms with van der Waals surface area (Å²) in [7, 11) is 2.79. The Hall–Kier alpha value is -1.89. The Balaban J connectivity index is 3.33. The van der Waals surface area contributed by atoms with Crippen LogP contribution in [-0.2, 0) is 0 Å². The van der Waals surface area contributed by atoms with Gasteiger partial charge in [0.15, 0.2) is 11.5 Å². The summed E-state index contributed by atoms with van der Waals surface area (Å²) in [4.78, 5) is 10.4. The first-order valence-electron chi connectivity index (χ1n) is 5.27. The van der Waals surface area contributed by atoms with Gasteiger partial charge in [-0.1, -0.05) is 0 Å². The van der Waals surface area contributed by atoms with E-state index in [1.807, 2.05) is 0 Å². The van der Waals surface area contributed by atoms with E-state index in [1.54, 1.807) is 0 Å². The molecule has 0 radical (unpaired) electrons. The molecule has 0 saturated heterocycles. The van der Waals surface area contributed by atoms with Crippen molar-refractivity contribution in [2.45, 2.75) is 12.5 Å². The number of hydrogen-bond donors (Lipinski definition) is 1. The van der Waals surface area contributed by atoms with Gasteiger partial charge in [0.25, 0.3) is 5.69 Å². The molecule has 6 nitrogen and oxygen atoms in total. The van der Waals surface area contributed by atoms with Crippen LogP contribution in [0.2, 0.25) is 0 Å². The molecule has 0 aliphatic carbocycles. The predicted molar refractivity (Wildman–Crippen MR) is 63.7 cm³/mol. The maximum Gasteiger partial charge on any atom is 0.278 e. The Morgan fingerprint density at radius 3 is 2.39 bits per heavy atom. The molecule has 7 heteroatoms. The first-order chi connectivity index (χ1) is 8.54. The second kappa shape index (κ2) is 6.15. The van der Waals surface area contributed by atoms with Crippen molar-refractivity contribution in [2.75, 3.05) is 20.9 Å². The maximum absolute atomic E-state index is 12.3. The molecule has 1 aromatic carbocycles. The lowest BCUT2D eigenvalue weighted by Crippen LogP contribution is -2.13. The number of hydrogen-bond acceptors (Lipinski definition) is 5. The minimum Gasteiger partial charge on any atom is -0.493 e. The Labute approximate surface area is 104 Å². The van der Waals surface area contributed by atoms with Crippen LogP contribution in [0, 0.1) is 10.1 Å². The summed E-state index contributed by atoms with van der Waals surface area (Å²) in [5.41, 5.74) is 5.75. The molecule has 1 rings (SSSR count). The van der Waals surface area contributed by atoms with Crippen molar-refractivity contribution in [2.24, 2.45) is 5.73 Å². The van der Waals surface area contributed by atoms with E-state index in [0.717, 1.165) is 0 Å². The Bertz CT molecular complexity index is 439. The maximum atomic E-state index is 12.3. The SMILES string of the molecule is COc1cc([C@H](N)CCF)c([N+](=O)[O-])cc1OC. The third-order valence-electron chi connectivity index (χ3n) is 2.55. The zero-order chi connectivity index (χ0) is 13.7. The van der Waals surface area contributed by atoms with Crippen LogP contribution in [0.1, 0.15) is 18.0 Å². The fourth-order valence-electron chi connectivity index (χ4n) is 1.61. The Kier molecular flexibility index (Phi) is 4.85. The highest BCUT2D eigenvalue weighted by molar-refractivity contribution is 5.55. The average Bonchev–Trinajstić information content (AvgIpc) is 2.37. The van der Waals surface area contributed by atoms with Gasteiger partial charge in [0.1, 0.15) is 0 Å². The highest BCUT2D eigenvalue weighted by atomic mass is 19.1. The number of nitro benzene ring substituents is 1. The number of methoxy groups -OCH3 is 2. The minimum absolute atomic E-state index is 0.0102. The highest BCUT2D eigenvalue weighted by Gasteiger charge is 2.23. The molecule has 0 aliphatic rings. The molecule has 1 atom stereocenters. The van der Waals surface area contributed by atoms with E-state index in [1.165, 1.54) is 26.4 Å². The molecule has 2 N–H and O–H groups in total. The van der Waals surface area contributed by atoms with E-state index < -0.39 is 17.6 Å². The van der Waals surface area contributed by atoms with Gasteiger partial charge in [-0.2, -0.15) is 0 Å². The molecule has 0 spiro atoms. The van der Waals surface area contributed by atoms with Crippen molar-refractivity contribution in [1.82, 2.24) is 0 Å². The van der Waals surface area contributed by atoms with Crippen LogP contribution in [0.25, 0.3) is 0 Å². The third kappa shape index (κ3) is 2.86. The number of benzene rings is 1. The summed E-state index contributed by atoms with van der Waals surface area (Å²) in [6.45, 7) is -0.646. The molecule has 0 heterocycles. The monoisotopic (exact) mass is 258 g/mol. The molecule has 18 heavy (non-hydrogen) atoms. The van der Waals surface area contributed by atoms with Gasteiger partial charge in [-0.3, -0.25) is 14.5 Å². The second-order valence-corrected chi connectivity index (χ2v) is 3.61. The molecule has 0 fully saturated rings. The number of alkyl halides is 1. The van der Waals surface area contributed by atoms with Gasteiger partial charge < -0.3 is 15.2 Å². The van der Waals surface area contributed by atoms with Crippen LogP contribution in [0.15, 0.2) is 12.1 Å². The van der Waals surface area contributed by atoms with Gasteiger partial charge in [0.05, 0.1) is 37.4 Å². The van der Waals surface area contributed by atoms with Gasteiger partial charge in [0, 0.05) is 6.04 Å². The van der Waals surface area contributed by atoms with Crippen LogP contribution < -0.4 is 15.2 Å². The van der Waals surface area contributed by atoms with E-state index in [9.17, 15) is 14.5 Å². The summed E-state index contributed by atoms with van der Waals surface area (Å²) in [6, 6.07) is 1.89. The normalized spacial score (nSPS) is 12.0. The van der Waals surface area contributed by atoms with Crippen molar-refractivity contribution in [3.05, 3.63) is 27.8 Å². The lowest BCUT2D eigenvalue weighted by molar-refractivity contribution is -0.385. The first kappa shape index (κ1) is 14.2. The van der Waals surface area contributed by atoms with E-state index in [0.29, 0.717) is 5.75 Å². The molecule has 0 amide bonds. The van der Waals surface area contributed by atoms with Crippen molar-refractivity contribution < 1.29 is 18.8 Å². The van der Waals surface area contributed by atoms with Crippen molar-refractivity contribution >= 4 is 5.69 Å². The number of ether oxygens (including phenoxy) is 2. The van der Waals surface area contributed by atoms with E-state index in [-0.39, 0.29) is 23.4 Å². The summed E-state index contributed by atoms with van der Waals surface area (Å²) in [5, 5.41) is 11.0. The predicted octanol–water partition coefficient (Wildman–Crippen LogP) is 1.97. The fraction of sp³-hybridized carbons (Fsp3) is 0.455. The van der Waals surface area contributed by atoms with Crippen LogP contribution in [0.4, 0.5) is 10.1 Å². The summed E-state index contributed by atoms with van der Waals surface area (Å²) < 4.78 is 22.3. The minimum atomic E-state index is -0.754. The van der Waals surface area contributed by atoms with Gasteiger partial charge in [0.2, 0.25) is 0 Å². The molecule has 0 aliphatic heterocycles. The second-order valence-electron chi connectivity index (χ2n) is 3.61. The van der Waals surface area contributed by atoms with Crippen molar-refractivity contribution in [3.63, 3.8) is 0 Å². The van der Waals surface area contributed by atoms with E-state index in [2.05, 4.69) is 0 Å². The summed E-state index contributed by atoms with van der Waals surface area (Å²) >= 11 is 0. The molecule has 0 unspecified atom stereocenters.